The molecule has 0 unspecified atom stereocenters. The van der Waals surface area contributed by atoms with Crippen LogP contribution in [0.25, 0.3) is 0 Å². The van der Waals surface area contributed by atoms with E-state index in [0.29, 0.717) is 19.4 Å². The predicted molar refractivity (Wildman–Crippen MR) is 84.4 cm³/mol. The molecule has 0 spiro atoms. The molecule has 1 aliphatic heterocycles. The molecule has 1 heterocycles. The Hall–Kier alpha value is -2.21. The monoisotopic (exact) mass is 317 g/mol. The number of likely N-dealkylation sites (tertiary alicyclic amines) is 1. The van der Waals surface area contributed by atoms with E-state index in [9.17, 15) is 14.4 Å². The number of hydrogen-bond donors (Lipinski definition) is 1. The van der Waals surface area contributed by atoms with Crippen LogP contribution in [0.4, 0.5) is 0 Å². The molecule has 1 fully saturated rings. The molecule has 2 amide bonds. The fraction of sp³-hybridized carbons (Fsp3) is 0.471. The van der Waals surface area contributed by atoms with Gasteiger partial charge in [-0.15, -0.1) is 0 Å². The molecule has 1 aliphatic rings. The van der Waals surface area contributed by atoms with E-state index in [0.717, 1.165) is 12.0 Å². The zero-order valence-electron chi connectivity index (χ0n) is 13.2. The van der Waals surface area contributed by atoms with Crippen LogP contribution >= 0.6 is 0 Å². The van der Waals surface area contributed by atoms with Crippen molar-refractivity contribution in [2.45, 2.75) is 31.3 Å². The van der Waals surface area contributed by atoms with Crippen LogP contribution in [0.3, 0.4) is 0 Å². The third-order valence-electron chi connectivity index (χ3n) is 3.86. The molecule has 123 valence electrons. The number of amides is 2. The minimum absolute atomic E-state index is 0.109. The Morgan fingerprint density at radius 3 is 2.78 bits per heavy atom. The van der Waals surface area contributed by atoms with Crippen molar-refractivity contribution in [2.24, 2.45) is 0 Å². The average molecular weight is 317 g/mol. The van der Waals surface area contributed by atoms with Gasteiger partial charge in [0.1, 0.15) is 12.6 Å². The van der Waals surface area contributed by atoms with Gasteiger partial charge >= 0.3 is 0 Å². The molecular weight excluding hydrogens is 296 g/mol. The van der Waals surface area contributed by atoms with Crippen LogP contribution < -0.4 is 5.32 Å². The molecule has 1 aromatic carbocycles. The summed E-state index contributed by atoms with van der Waals surface area (Å²) < 4.78 is 4.80. The lowest BCUT2D eigenvalue weighted by atomic mass is 10.0. The number of benzene rings is 1. The smallest absolute Gasteiger partial charge is 0.246 e. The van der Waals surface area contributed by atoms with Crippen LogP contribution in [0, 0.1) is 0 Å². The topological polar surface area (TPSA) is 75.7 Å². The lowest BCUT2D eigenvalue weighted by molar-refractivity contribution is -0.137. The van der Waals surface area contributed by atoms with Gasteiger partial charge in [0.05, 0.1) is 6.04 Å². The quantitative estimate of drug-likeness (QED) is 0.793. The van der Waals surface area contributed by atoms with Gasteiger partial charge in [-0.2, -0.15) is 0 Å². The summed E-state index contributed by atoms with van der Waals surface area (Å²) in [6, 6.07) is 8.22. The predicted octanol–water partition coefficient (Wildman–Crippen LogP) is 0.461. The molecule has 0 bridgehead atoms. The molecule has 6 nitrogen and oxygen atoms in total. The lowest BCUT2D eigenvalue weighted by Gasteiger charge is -2.26. The Labute approximate surface area is 135 Å². The summed E-state index contributed by atoms with van der Waals surface area (Å²) in [6.45, 7) is 0.409. The van der Waals surface area contributed by atoms with E-state index in [1.54, 1.807) is 0 Å². The maximum atomic E-state index is 12.8. The molecule has 6 heteroatoms. The highest BCUT2D eigenvalue weighted by atomic mass is 16.5. The second-order valence-corrected chi connectivity index (χ2v) is 5.55. The first kappa shape index (κ1) is 17.1. The number of ether oxygens (including phenoxy) is 1. The van der Waals surface area contributed by atoms with Gasteiger partial charge in [0.2, 0.25) is 18.1 Å². The van der Waals surface area contributed by atoms with E-state index < -0.39 is 12.1 Å². The highest BCUT2D eigenvalue weighted by Gasteiger charge is 2.34. The fourth-order valence-corrected chi connectivity index (χ4v) is 2.77. The summed E-state index contributed by atoms with van der Waals surface area (Å²) in [5.74, 6) is -0.600. The Kier molecular flexibility index (Phi) is 6.29. The maximum absolute atomic E-state index is 12.8. The first-order chi connectivity index (χ1) is 11.2. The molecule has 1 saturated heterocycles. The third kappa shape index (κ3) is 4.63. The summed E-state index contributed by atoms with van der Waals surface area (Å²) >= 11 is 0. The van der Waals surface area contributed by atoms with Crippen molar-refractivity contribution >= 4 is 18.1 Å². The van der Waals surface area contributed by atoms with Crippen molar-refractivity contribution in [1.29, 1.82) is 0 Å². The molecule has 0 aliphatic carbocycles. The number of carbonyl (C=O) groups is 2. The number of nitrogens with one attached hydrogen (secondary N) is 1. The number of methoxy groups -OCH3 is 1. The van der Waals surface area contributed by atoms with Crippen molar-refractivity contribution < 1.29 is 19.1 Å². The number of carbonyl (C=O) groups excluding carboxylic acids is 3. The molecule has 2 rings (SSSR count). The van der Waals surface area contributed by atoms with Crippen LogP contribution in [-0.4, -0.2) is 55.3 Å². The Morgan fingerprint density at radius 1 is 1.39 bits per heavy atom. The van der Waals surface area contributed by atoms with Crippen molar-refractivity contribution in [1.82, 2.24) is 10.2 Å². The molecule has 0 aromatic heterocycles. The molecule has 23 heavy (non-hydrogen) atoms. The average Bonchev–Trinajstić information content (AvgIpc) is 3.03. The Balaban J connectivity index is 2.13. The van der Waals surface area contributed by atoms with Gasteiger partial charge in [-0.3, -0.25) is 14.4 Å². The van der Waals surface area contributed by atoms with Crippen LogP contribution in [-0.2, 0) is 25.5 Å². The van der Waals surface area contributed by atoms with Crippen molar-refractivity contribution in [3.05, 3.63) is 35.9 Å². The standard InChI is InChI=1S/C17H21N2O4/c1-23-12-16(21)18-15(10-13-6-3-2-4-7-13)17(22)19-9-5-8-14(19)11-20/h2-4,6-7,14-15H,5,8-10,12H2,1H3,(H,18,21)/t14-,15+/m0/s1. The summed E-state index contributed by atoms with van der Waals surface area (Å²) in [6.07, 6.45) is 3.68. The number of hydrogen-bond acceptors (Lipinski definition) is 4. The number of rotatable bonds is 7. The Morgan fingerprint density at radius 2 is 2.13 bits per heavy atom. The van der Waals surface area contributed by atoms with Gasteiger partial charge in [0, 0.05) is 20.1 Å². The fourth-order valence-electron chi connectivity index (χ4n) is 2.77. The minimum Gasteiger partial charge on any atom is -0.375 e. The number of nitrogens with zero attached hydrogens (tertiary/aromatic N) is 1. The minimum atomic E-state index is -0.714. The highest BCUT2D eigenvalue weighted by Crippen LogP contribution is 2.18. The van der Waals surface area contributed by atoms with E-state index in [1.807, 2.05) is 36.6 Å². The first-order valence-electron chi connectivity index (χ1n) is 7.66. The van der Waals surface area contributed by atoms with Crippen LogP contribution in [0.1, 0.15) is 18.4 Å². The summed E-state index contributed by atoms with van der Waals surface area (Å²) in [7, 11) is 1.42. The Bertz CT molecular complexity index is 547. The van der Waals surface area contributed by atoms with E-state index in [-0.39, 0.29) is 18.4 Å². The van der Waals surface area contributed by atoms with Crippen molar-refractivity contribution in [3.8, 4) is 0 Å². The van der Waals surface area contributed by atoms with Gasteiger partial charge in [0.15, 0.2) is 0 Å². The van der Waals surface area contributed by atoms with E-state index in [4.69, 9.17) is 4.74 Å². The van der Waals surface area contributed by atoms with Crippen molar-refractivity contribution in [2.75, 3.05) is 20.3 Å². The second-order valence-electron chi connectivity index (χ2n) is 5.55. The molecular formula is C17H21N2O4. The third-order valence-corrected chi connectivity index (χ3v) is 3.86. The first-order valence-corrected chi connectivity index (χ1v) is 7.66. The summed E-state index contributed by atoms with van der Waals surface area (Å²) in [5.41, 5.74) is 0.939. The molecule has 1 aromatic rings. The maximum Gasteiger partial charge on any atom is 0.246 e. The molecule has 2 atom stereocenters. The van der Waals surface area contributed by atoms with Crippen LogP contribution in [0.5, 0.6) is 0 Å². The molecule has 1 N–H and O–H groups in total. The zero-order chi connectivity index (χ0) is 16.7. The van der Waals surface area contributed by atoms with E-state index in [1.165, 1.54) is 12.0 Å². The highest BCUT2D eigenvalue weighted by molar-refractivity contribution is 5.90. The lowest BCUT2D eigenvalue weighted by Crippen LogP contribution is -2.52. The van der Waals surface area contributed by atoms with Crippen LogP contribution in [0.2, 0.25) is 0 Å². The van der Waals surface area contributed by atoms with Gasteiger partial charge in [-0.1, -0.05) is 30.3 Å². The van der Waals surface area contributed by atoms with Gasteiger partial charge in [-0.05, 0) is 18.4 Å². The van der Waals surface area contributed by atoms with Gasteiger partial charge in [-0.25, -0.2) is 0 Å². The molecule has 1 radical (unpaired) electrons. The van der Waals surface area contributed by atoms with E-state index in [2.05, 4.69) is 5.32 Å². The second kappa shape index (κ2) is 8.43. The van der Waals surface area contributed by atoms with Crippen LogP contribution in [0.15, 0.2) is 30.3 Å². The molecule has 0 saturated carbocycles. The van der Waals surface area contributed by atoms with E-state index >= 15 is 0 Å². The SMILES string of the molecule is COCC(=O)N[C@H](Cc1ccccc1)C(=O)N1CCC[C@H]1[C]=O. The zero-order valence-corrected chi connectivity index (χ0v) is 13.2. The van der Waals surface area contributed by atoms with Gasteiger partial charge in [0.25, 0.3) is 0 Å². The largest absolute Gasteiger partial charge is 0.375 e. The van der Waals surface area contributed by atoms with Crippen molar-refractivity contribution in [3.63, 3.8) is 0 Å². The summed E-state index contributed by atoms with van der Waals surface area (Å²) in [4.78, 5) is 37.1. The normalized spacial score (nSPS) is 18.5. The van der Waals surface area contributed by atoms with Gasteiger partial charge < -0.3 is 15.0 Å². The summed E-state index contributed by atoms with van der Waals surface area (Å²) in [5, 5.41) is 2.70.